The van der Waals surface area contributed by atoms with E-state index < -0.39 is 36.0 Å². The number of nitrogens with one attached hydrogen (secondary N) is 2. The molecule has 9 nitrogen and oxygen atoms in total. The van der Waals surface area contributed by atoms with E-state index in [1.54, 1.807) is 18.0 Å². The maximum atomic E-state index is 14.8. The van der Waals surface area contributed by atoms with Gasteiger partial charge in [-0.25, -0.2) is 18.4 Å². The lowest BCUT2D eigenvalue weighted by molar-refractivity contribution is 0.0365. The Kier molecular flexibility index (Phi) is 7.87. The summed E-state index contributed by atoms with van der Waals surface area (Å²) in [6, 6.07) is 3.78. The molecule has 1 aliphatic heterocycles. The molecule has 1 aliphatic carbocycles. The Morgan fingerprint density at radius 3 is 2.72 bits per heavy atom. The Labute approximate surface area is 223 Å². The van der Waals surface area contributed by atoms with Crippen LogP contribution in [0.3, 0.4) is 0 Å². The molecule has 1 saturated carbocycles. The zero-order valence-electron chi connectivity index (χ0n) is 21.4. The number of β-amino-alcohol motifs (C(OH)–C–C–N with tert-alkyl or cyclic N) is 1. The number of hydrogen-bond donors (Lipinski definition) is 4. The molecule has 2 aliphatic rings. The first-order valence-corrected chi connectivity index (χ1v) is 13.0. The lowest BCUT2D eigenvalue weighted by Gasteiger charge is -2.36. The highest BCUT2D eigenvalue weighted by Gasteiger charge is 2.30. The molecule has 0 spiro atoms. The van der Waals surface area contributed by atoms with Crippen LogP contribution in [0.2, 0.25) is 0 Å². The summed E-state index contributed by atoms with van der Waals surface area (Å²) in [5.41, 5.74) is 1.93. The van der Waals surface area contributed by atoms with Gasteiger partial charge in [-0.3, -0.25) is 9.69 Å². The number of carbonyl (C=O) groups is 1. The zero-order chi connectivity index (χ0) is 27.7. The van der Waals surface area contributed by atoms with Gasteiger partial charge in [0.25, 0.3) is 5.91 Å². The van der Waals surface area contributed by atoms with Crippen LogP contribution >= 0.6 is 0 Å². The second-order valence-electron chi connectivity index (χ2n) is 10.3. The molecule has 5 rings (SSSR count). The van der Waals surface area contributed by atoms with Crippen LogP contribution in [0.5, 0.6) is 0 Å². The summed E-state index contributed by atoms with van der Waals surface area (Å²) in [5.74, 6) is -1.85. The molecule has 2 fully saturated rings. The molecule has 4 N–H and O–H groups in total. The van der Waals surface area contributed by atoms with Gasteiger partial charge in [0.05, 0.1) is 48.1 Å². The summed E-state index contributed by atoms with van der Waals surface area (Å²) in [6.07, 6.45) is 4.35. The van der Waals surface area contributed by atoms with Gasteiger partial charge in [0, 0.05) is 43.0 Å². The third-order valence-corrected chi connectivity index (χ3v) is 7.08. The van der Waals surface area contributed by atoms with Crippen molar-refractivity contribution in [2.75, 3.05) is 31.6 Å². The number of aliphatic hydroxyl groups is 2. The molecule has 0 bridgehead atoms. The number of pyridine rings is 1. The molecule has 3 heterocycles. The van der Waals surface area contributed by atoms with Crippen LogP contribution in [-0.4, -0.2) is 86.4 Å². The van der Waals surface area contributed by atoms with Gasteiger partial charge in [0.2, 0.25) is 5.95 Å². The predicted molar refractivity (Wildman–Crippen MR) is 138 cm³/mol. The fraction of sp³-hybridized carbons (Fsp3) is 0.444. The number of likely N-dealkylation sites (tertiary alicyclic amines) is 1. The number of anilines is 1. The van der Waals surface area contributed by atoms with Crippen molar-refractivity contribution in [3.8, 4) is 16.8 Å². The average Bonchev–Trinajstić information content (AvgIpc) is 3.58. The minimum atomic E-state index is -1.24. The largest absolute Gasteiger partial charge is 0.394 e. The number of piperidine rings is 1. The number of rotatable bonds is 9. The van der Waals surface area contributed by atoms with Crippen molar-refractivity contribution in [1.82, 2.24) is 25.0 Å². The lowest BCUT2D eigenvalue weighted by Crippen LogP contribution is -2.50. The second-order valence-corrected chi connectivity index (χ2v) is 10.3. The van der Waals surface area contributed by atoms with Gasteiger partial charge in [0.15, 0.2) is 0 Å². The topological polar surface area (TPSA) is 116 Å². The minimum Gasteiger partial charge on any atom is -0.394 e. The normalized spacial score (nSPS) is 20.6. The van der Waals surface area contributed by atoms with E-state index in [-0.39, 0.29) is 36.9 Å². The van der Waals surface area contributed by atoms with E-state index in [1.807, 2.05) is 0 Å². The number of amides is 1. The van der Waals surface area contributed by atoms with E-state index in [2.05, 4.69) is 20.7 Å². The first-order valence-electron chi connectivity index (χ1n) is 13.0. The van der Waals surface area contributed by atoms with Crippen molar-refractivity contribution < 1.29 is 28.2 Å². The van der Waals surface area contributed by atoms with Crippen LogP contribution in [0, 0.1) is 18.7 Å². The van der Waals surface area contributed by atoms with Crippen LogP contribution in [-0.2, 0) is 0 Å². The zero-order valence-corrected chi connectivity index (χ0v) is 21.4. The molecule has 39 heavy (non-hydrogen) atoms. The summed E-state index contributed by atoms with van der Waals surface area (Å²) in [7, 11) is 0. The molecule has 1 amide bonds. The van der Waals surface area contributed by atoms with Crippen LogP contribution < -0.4 is 10.6 Å². The number of aliphatic hydroxyl groups excluding tert-OH is 2. The number of carbonyl (C=O) groups excluding carboxylic acids is 1. The third-order valence-electron chi connectivity index (χ3n) is 7.08. The number of halogens is 3. The Bertz CT molecular complexity index is 1350. The first kappa shape index (κ1) is 27.1. The Morgan fingerprint density at radius 1 is 1.21 bits per heavy atom. The van der Waals surface area contributed by atoms with E-state index in [0.717, 1.165) is 12.8 Å². The number of aromatic nitrogens is 3. The predicted octanol–water partition coefficient (Wildman–Crippen LogP) is 2.59. The summed E-state index contributed by atoms with van der Waals surface area (Å²) in [4.78, 5) is 18.1. The van der Waals surface area contributed by atoms with E-state index in [9.17, 15) is 23.1 Å². The standard InChI is InChI=1S/C27H31F3N6O3/c1-15-6-22(28)21(27(39)34-17-2-3-17)8-25(15)36-11-16(9-32-36)20-7-18(10-31-26(20)30)33-24-4-5-35(13-23(24)29)12-19(38)14-37/h6-11,17,19,23-24,33,37-38H,2-5,12-14H2,1H3,(H,34,39)/t19-,23+,24-/m0/s1. The molecular formula is C27H31F3N6O3. The van der Waals surface area contributed by atoms with Gasteiger partial charge >= 0.3 is 0 Å². The smallest absolute Gasteiger partial charge is 0.254 e. The summed E-state index contributed by atoms with van der Waals surface area (Å²) >= 11 is 0. The highest BCUT2D eigenvalue weighted by atomic mass is 19.1. The van der Waals surface area contributed by atoms with Gasteiger partial charge in [-0.05, 0) is 49.9 Å². The maximum Gasteiger partial charge on any atom is 0.254 e. The van der Waals surface area contributed by atoms with Crippen LogP contribution in [0.15, 0.2) is 36.8 Å². The van der Waals surface area contributed by atoms with Gasteiger partial charge in [0.1, 0.15) is 12.0 Å². The van der Waals surface area contributed by atoms with Gasteiger partial charge in [-0.1, -0.05) is 0 Å². The third kappa shape index (κ3) is 6.23. The number of aryl methyl sites for hydroxylation is 1. The van der Waals surface area contributed by atoms with Gasteiger partial charge < -0.3 is 20.8 Å². The minimum absolute atomic E-state index is 0.0775. The number of alkyl halides is 1. The van der Waals surface area contributed by atoms with Crippen LogP contribution in [0.25, 0.3) is 16.8 Å². The van der Waals surface area contributed by atoms with Crippen LogP contribution in [0.4, 0.5) is 18.9 Å². The van der Waals surface area contributed by atoms with E-state index in [1.165, 1.54) is 35.3 Å². The lowest BCUT2D eigenvalue weighted by atomic mass is 10.0. The first-order chi connectivity index (χ1) is 18.7. The van der Waals surface area contributed by atoms with Crippen molar-refractivity contribution in [2.45, 2.75) is 50.5 Å². The summed E-state index contributed by atoms with van der Waals surface area (Å²) in [6.45, 7) is 2.13. The fourth-order valence-corrected chi connectivity index (χ4v) is 4.76. The maximum absolute atomic E-state index is 14.8. The fourth-order valence-electron chi connectivity index (χ4n) is 4.76. The molecule has 1 saturated heterocycles. The van der Waals surface area contributed by atoms with Crippen molar-refractivity contribution in [3.05, 3.63) is 59.7 Å². The highest BCUT2D eigenvalue weighted by molar-refractivity contribution is 5.95. The van der Waals surface area contributed by atoms with E-state index >= 15 is 0 Å². The Morgan fingerprint density at radius 2 is 2.00 bits per heavy atom. The average molecular weight is 545 g/mol. The molecule has 12 heteroatoms. The summed E-state index contributed by atoms with van der Waals surface area (Å²) in [5, 5.41) is 28.8. The molecule has 3 atom stereocenters. The van der Waals surface area contributed by atoms with Crippen molar-refractivity contribution in [3.63, 3.8) is 0 Å². The monoisotopic (exact) mass is 544 g/mol. The SMILES string of the molecule is Cc1cc(F)c(C(=O)NC2CC2)cc1-n1cc(-c2cc(N[C@H]3CCN(C[C@H](O)CO)C[C@H]3F)cnc2F)cn1. The van der Waals surface area contributed by atoms with Crippen molar-refractivity contribution >= 4 is 11.6 Å². The number of hydrogen-bond acceptors (Lipinski definition) is 7. The second kappa shape index (κ2) is 11.3. The Balaban J connectivity index is 1.32. The molecule has 1 aromatic carbocycles. The van der Waals surface area contributed by atoms with E-state index in [4.69, 9.17) is 5.11 Å². The molecular weight excluding hydrogens is 513 g/mol. The van der Waals surface area contributed by atoms with Crippen molar-refractivity contribution in [1.29, 1.82) is 0 Å². The molecule has 0 unspecified atom stereocenters. The van der Waals surface area contributed by atoms with Crippen LogP contribution in [0.1, 0.15) is 35.2 Å². The summed E-state index contributed by atoms with van der Waals surface area (Å²) < 4.78 is 45.6. The molecule has 2 aromatic heterocycles. The van der Waals surface area contributed by atoms with Gasteiger partial charge in [-0.2, -0.15) is 9.49 Å². The molecule has 3 aromatic rings. The highest BCUT2D eigenvalue weighted by Crippen LogP contribution is 2.28. The molecule has 208 valence electrons. The van der Waals surface area contributed by atoms with Crippen molar-refractivity contribution in [2.24, 2.45) is 0 Å². The Hall–Kier alpha value is -3.48. The van der Waals surface area contributed by atoms with E-state index in [0.29, 0.717) is 35.5 Å². The number of benzene rings is 1. The quantitative estimate of drug-likeness (QED) is 0.306. The van der Waals surface area contributed by atoms with Gasteiger partial charge in [-0.15, -0.1) is 0 Å². The number of nitrogens with zero attached hydrogens (tertiary/aromatic N) is 4. The molecule has 0 radical (unpaired) electrons.